The first kappa shape index (κ1) is 91.8. The molecule has 13 unspecified atom stereocenters. The Morgan fingerprint density at radius 1 is 0.379 bits per heavy atom. The first-order chi connectivity index (χ1) is 48.0. The Morgan fingerprint density at radius 2 is 0.709 bits per heavy atom. The molecule has 5 rings (SSSR count). The molecular weight excluding hydrogens is 1670 g/mol. The van der Waals surface area contributed by atoms with Crippen LogP contribution in [0.2, 0.25) is 0 Å². The fourth-order valence-electron chi connectivity index (χ4n) is 9.88. The van der Waals surface area contributed by atoms with Gasteiger partial charge in [0.15, 0.2) is 86.6 Å². The number of methoxy groups -OCH3 is 5. The lowest BCUT2D eigenvalue weighted by molar-refractivity contribution is -0.778. The third kappa shape index (κ3) is 28.2. The molecule has 103 heavy (non-hydrogen) atoms. The second-order valence-electron chi connectivity index (χ2n) is 19.1. The van der Waals surface area contributed by atoms with Gasteiger partial charge in [-0.25, -0.2) is 69.4 Å². The molecule has 5 fully saturated rings. The molecule has 58 nitrogen and oxygen atoms in total. The topological polar surface area (TPSA) is 819 Å². The van der Waals surface area contributed by atoms with Crippen molar-refractivity contribution in [1.82, 2.24) is 0 Å². The van der Waals surface area contributed by atoms with Gasteiger partial charge in [-0.15, -0.1) is 21.7 Å². The molecule has 5 saturated heterocycles. The molecule has 0 aromatic carbocycles. The molecule has 5 aliphatic rings. The van der Waals surface area contributed by atoms with Crippen LogP contribution in [0.15, 0.2) is 0 Å². The fraction of sp³-hybridized carbons (Fsp3) is 0.943. The van der Waals surface area contributed by atoms with E-state index in [4.69, 9.17) is 84.5 Å². The van der Waals surface area contributed by atoms with Crippen molar-refractivity contribution in [3.8, 4) is 0 Å². The second-order valence-corrected chi connectivity index (χ2v) is 26.8. The molecule has 0 amide bonds. The van der Waals surface area contributed by atoms with E-state index in [2.05, 4.69) is 57.5 Å². The third-order valence-electron chi connectivity index (χ3n) is 13.3. The molecule has 5 heterocycles. The Morgan fingerprint density at radius 3 is 1.11 bits per heavy atom. The maximum atomic E-state index is 13.3. The molecule has 68 heteroatoms. The van der Waals surface area contributed by atoms with Crippen molar-refractivity contribution in [2.75, 3.05) is 55.4 Å². The van der Waals surface area contributed by atoms with Gasteiger partial charge in [-0.3, -0.25) is 39.4 Å². The summed E-state index contributed by atoms with van der Waals surface area (Å²) in [7, 11) is -27.7. The predicted octanol–water partition coefficient (Wildman–Crippen LogP) is -14.8. The van der Waals surface area contributed by atoms with Crippen LogP contribution in [0.3, 0.4) is 0 Å². The van der Waals surface area contributed by atoms with Crippen LogP contribution in [0.25, 0.3) is 0 Å². The molecule has 0 radical (unpaired) electrons. The summed E-state index contributed by atoms with van der Waals surface area (Å²) >= 11 is -12.3. The van der Waals surface area contributed by atoms with Gasteiger partial charge in [-0.2, -0.15) is 0 Å². The highest BCUT2D eigenvalue weighted by atomic mass is 32.3. The molecular formula is C35H46O58S10-12. The molecule has 0 N–H and O–H groups in total. The Kier molecular flexibility index (Phi) is 37.0. The van der Waals surface area contributed by atoms with Gasteiger partial charge in [0.2, 0.25) is 52.0 Å². The van der Waals surface area contributed by atoms with Gasteiger partial charge in [0.25, 0.3) is 0 Å². The third-order valence-corrected chi connectivity index (χ3v) is 16.9. The normalized spacial score (nSPS) is 36.0. The summed E-state index contributed by atoms with van der Waals surface area (Å²) in [6.07, 6.45) is -67.8. The van der Waals surface area contributed by atoms with Gasteiger partial charge in [-0.05, 0) is 0 Å². The van der Waals surface area contributed by atoms with E-state index in [9.17, 15) is 121 Å². The fourth-order valence-corrected chi connectivity index (χ4v) is 13.1. The average Bonchev–Trinajstić information content (AvgIpc) is 0.757. The number of hydrogen-bond acceptors (Lipinski definition) is 60. The molecule has 0 aromatic heterocycles. The highest BCUT2D eigenvalue weighted by Gasteiger charge is 2.62. The van der Waals surface area contributed by atoms with E-state index in [0.29, 0.717) is 14.2 Å². The van der Waals surface area contributed by atoms with Crippen LogP contribution in [-0.4, -0.2) is 312 Å². The van der Waals surface area contributed by atoms with Gasteiger partial charge in [0.1, 0.15) is 132 Å². The number of carbonyl (C=O) groups is 2. The van der Waals surface area contributed by atoms with E-state index in [1.807, 2.05) is 0 Å². The molecule has 0 spiro atoms. The number of ether oxygens (including phenoxy) is 14. The van der Waals surface area contributed by atoms with E-state index < -0.39 is 296 Å². The van der Waals surface area contributed by atoms with Gasteiger partial charge in [-0.1, -0.05) is 0 Å². The molecule has 0 bridgehead atoms. The summed E-state index contributed by atoms with van der Waals surface area (Å²) in [5.74, 6) is -5.26. The zero-order chi connectivity index (χ0) is 77.3. The highest BCUT2D eigenvalue weighted by Crippen LogP contribution is 2.42. The maximum Gasteiger partial charge on any atom is 0.218 e. The van der Waals surface area contributed by atoms with Crippen LogP contribution in [-0.2, 0) is 238 Å². The zero-order valence-electron chi connectivity index (χ0n) is 50.3. The van der Waals surface area contributed by atoms with Crippen LogP contribution >= 0.6 is 24.6 Å². The van der Waals surface area contributed by atoms with Crippen molar-refractivity contribution in [2.24, 2.45) is 0 Å². The first-order valence-corrected chi connectivity index (χ1v) is 36.9. The summed E-state index contributed by atoms with van der Waals surface area (Å²) in [5.41, 5.74) is 0. The lowest BCUT2D eigenvalue weighted by Gasteiger charge is -2.52. The van der Waals surface area contributed by atoms with Crippen LogP contribution < -0.4 is 20.7 Å². The molecule has 5 aliphatic heterocycles. The first-order valence-electron chi connectivity index (χ1n) is 25.9. The Hall–Kier alpha value is -1.80. The minimum Gasteiger partial charge on any atom is -0.748 e. The van der Waals surface area contributed by atoms with Crippen LogP contribution in [0.1, 0.15) is 0 Å². The standard InChI is InChI=1S/C35H58O58S10/c1-63-12-10(7-69-99(48,49)50)73-32(24(15(12)64-2)80-92-97(44)45)76-18-16(65-3)26(83-95-90-88-41)33(78-22(18)29(36)37)75-14-9(6-68-91-96(42)43)72-34(28(86-103(60,61)62)21(14)84-101(54,55)56)77-19-17(66-4)27(85-102(57,58)59)35(79-23(19)30(38)39)74-13-11(8-70-100(51,52)53)71-31(67-5)25(81-93-98(46)47)20(13)82-94-89-87-40/h9-28,31-35,40-41H,6-8H2,1-5H3,(H,36,37)(H,38,39)(H,42,43)(H,44,45)(H,46,47)(H,48,49,50)(H,51,52,53)(H,54,55,56)(H,57,58,59)(H,60,61,62)/p-12/t9?,10-,11-,12+,13+,14+,15?,16?,17+,18-,19+,20?,21-,22+,23?,24?,25?,26?,27?,28?,31-,32+,33+,34-,35+/m0/s1. The molecule has 606 valence electrons. The largest absolute Gasteiger partial charge is 0.748 e. The number of aliphatic carboxylic acids is 2. The zero-order valence-corrected chi connectivity index (χ0v) is 58.5. The van der Waals surface area contributed by atoms with E-state index in [0.717, 1.165) is 21.3 Å². The van der Waals surface area contributed by atoms with Crippen molar-refractivity contribution in [2.45, 2.75) is 154 Å². The summed E-state index contributed by atoms with van der Waals surface area (Å²) in [6, 6.07) is 0. The monoisotopic (exact) mass is 1710 g/mol. The minimum atomic E-state index is -6.67. The molecule has 0 saturated carbocycles. The lowest BCUT2D eigenvalue weighted by atomic mass is 9.95. The van der Waals surface area contributed by atoms with Crippen LogP contribution in [0.4, 0.5) is 0 Å². The number of carbonyl (C=O) groups excluding carboxylic acids is 2. The highest BCUT2D eigenvalue weighted by molar-refractivity contribution is 7.90. The maximum absolute atomic E-state index is 13.3. The van der Waals surface area contributed by atoms with Crippen molar-refractivity contribution >= 4 is 123 Å². The lowest BCUT2D eigenvalue weighted by Crippen LogP contribution is -2.70. The summed E-state index contributed by atoms with van der Waals surface area (Å²) in [5, 5.41) is 54.7. The molecule has 0 aliphatic carbocycles. The Labute approximate surface area is 592 Å². The second kappa shape index (κ2) is 41.5. The van der Waals surface area contributed by atoms with Crippen molar-refractivity contribution in [3.63, 3.8) is 0 Å². The van der Waals surface area contributed by atoms with Gasteiger partial charge in [0.05, 0.1) is 25.2 Å². The van der Waals surface area contributed by atoms with Crippen LogP contribution in [0.5, 0.6) is 0 Å². The number of carboxylic acid groups (broad SMARTS) is 2. The number of hydrogen-bond donors (Lipinski definition) is 0. The summed E-state index contributed by atoms with van der Waals surface area (Å²) < 4.78 is 383. The smallest absolute Gasteiger partial charge is 0.218 e. The SMILES string of the molecule is COC1C(OOS(=O)[O-])[C@@H](O[C@H]2C(OC)C(OSOO[O-])[C@H](O[C@@H]3C(COOS(=O)[O-])O[C@@H](O[C@H]4C(C(=O)[O-])O[C@@H](O[C@H]5C(OSOO[O-])C(OOS(=O)[O-])[C@@H](OC)O[C@H]5COS(=O)(=O)[O-])C(OS(=O)(=O)[O-])[C@@H]4OC)C(OS(=O)(=O)[O-])[C@H]3OS(=O)(=O)[O-])O[C@H]2C(=O)[O-])O[C@@H](COS(=O)(=O)[O-])[C@H]1OC. The quantitative estimate of drug-likeness (QED) is 0.0104. The van der Waals surface area contributed by atoms with E-state index in [1.165, 1.54) is 0 Å². The number of carboxylic acids is 2. The predicted molar refractivity (Wildman–Crippen MR) is 273 cm³/mol. The minimum absolute atomic E-state index is 0.428. The van der Waals surface area contributed by atoms with Gasteiger partial charge in [0, 0.05) is 35.5 Å². The number of rotatable bonds is 45. The Bertz CT molecular complexity index is 3340. The average molecular weight is 1720 g/mol. The van der Waals surface area contributed by atoms with E-state index >= 15 is 0 Å². The Balaban J connectivity index is 1.70. The van der Waals surface area contributed by atoms with Gasteiger partial charge < -0.3 is 133 Å². The van der Waals surface area contributed by atoms with Crippen molar-refractivity contribution in [1.29, 1.82) is 0 Å². The van der Waals surface area contributed by atoms with Crippen molar-refractivity contribution in [3.05, 3.63) is 0 Å². The molecule has 0 aromatic rings. The van der Waals surface area contributed by atoms with Crippen LogP contribution in [0, 0.1) is 0 Å². The summed E-state index contributed by atoms with van der Waals surface area (Å²) in [6.45, 7) is -4.78. The van der Waals surface area contributed by atoms with E-state index in [-0.39, 0.29) is 0 Å². The molecule has 28 atom stereocenters. The summed E-state index contributed by atoms with van der Waals surface area (Å²) in [4.78, 5) is 40.7. The van der Waals surface area contributed by atoms with Gasteiger partial charge >= 0.3 is 0 Å². The van der Waals surface area contributed by atoms with E-state index in [1.54, 1.807) is 0 Å². The van der Waals surface area contributed by atoms with Crippen molar-refractivity contribution < 1.29 is 263 Å².